The topological polar surface area (TPSA) is 26.3 Å². The predicted octanol–water partition coefficient (Wildman–Crippen LogP) is 0.885. The first-order valence-electron chi connectivity index (χ1n) is 4.12. The molecule has 1 aliphatic heterocycles. The van der Waals surface area contributed by atoms with Crippen molar-refractivity contribution >= 4 is 14.1 Å². The number of ether oxygens (including phenoxy) is 1. The van der Waals surface area contributed by atoms with Crippen molar-refractivity contribution in [3.8, 4) is 0 Å². The monoisotopic (exact) mass is 152 g/mol. The van der Waals surface area contributed by atoms with Crippen LogP contribution in [0.25, 0.3) is 0 Å². The van der Waals surface area contributed by atoms with Crippen LogP contribution in [0, 0.1) is 5.92 Å². The van der Waals surface area contributed by atoms with Crippen LogP contribution in [0.2, 0.25) is 0 Å². The summed E-state index contributed by atoms with van der Waals surface area (Å²) in [6.45, 7) is 2.06. The lowest BCUT2D eigenvalue weighted by molar-refractivity contribution is -0.109. The van der Waals surface area contributed by atoms with Gasteiger partial charge in [0.05, 0.1) is 6.10 Å². The highest BCUT2D eigenvalue weighted by Crippen LogP contribution is 2.28. The molecule has 0 spiro atoms. The van der Waals surface area contributed by atoms with Gasteiger partial charge in [0.1, 0.15) is 14.1 Å². The van der Waals surface area contributed by atoms with E-state index in [4.69, 9.17) is 12.6 Å². The number of rotatable bonds is 3. The first-order valence-corrected chi connectivity index (χ1v) is 4.12. The van der Waals surface area contributed by atoms with E-state index in [1.165, 1.54) is 0 Å². The molecule has 1 heterocycles. The molecular weight excluding hydrogens is 139 g/mol. The molecule has 3 unspecified atom stereocenters. The number of carbonyl (C=O) groups excluding carboxylic acids is 1. The van der Waals surface area contributed by atoms with Crippen LogP contribution in [-0.4, -0.2) is 26.2 Å². The Morgan fingerprint density at radius 3 is 3.00 bits per heavy atom. The van der Waals surface area contributed by atoms with Gasteiger partial charge < -0.3 is 9.53 Å². The van der Waals surface area contributed by atoms with E-state index < -0.39 is 0 Å². The molecule has 0 aromatic rings. The van der Waals surface area contributed by atoms with Crippen molar-refractivity contribution in [2.75, 3.05) is 0 Å². The molecule has 60 valence electrons. The normalized spacial score (nSPS) is 37.4. The molecule has 2 radical (unpaired) electrons. The van der Waals surface area contributed by atoms with Gasteiger partial charge in [-0.05, 0) is 18.8 Å². The Morgan fingerprint density at radius 2 is 2.45 bits per heavy atom. The van der Waals surface area contributed by atoms with Crippen molar-refractivity contribution in [1.82, 2.24) is 0 Å². The molecule has 0 aromatic carbocycles. The molecular formula is C8H13BO2. The Kier molecular flexibility index (Phi) is 3.12. The number of hydrogen-bond acceptors (Lipinski definition) is 2. The van der Waals surface area contributed by atoms with E-state index in [0.717, 1.165) is 19.1 Å². The van der Waals surface area contributed by atoms with E-state index in [-0.39, 0.29) is 12.1 Å². The van der Waals surface area contributed by atoms with Crippen LogP contribution in [0.5, 0.6) is 0 Å². The molecule has 0 aliphatic carbocycles. The Morgan fingerprint density at radius 1 is 1.73 bits per heavy atom. The van der Waals surface area contributed by atoms with Crippen LogP contribution < -0.4 is 0 Å². The number of hydrogen-bond donors (Lipinski definition) is 0. The van der Waals surface area contributed by atoms with Crippen LogP contribution in [0.1, 0.15) is 26.2 Å². The van der Waals surface area contributed by atoms with Crippen LogP contribution in [0.3, 0.4) is 0 Å². The Hall–Kier alpha value is -0.305. The maximum atomic E-state index is 10.2. The lowest BCUT2D eigenvalue weighted by Gasteiger charge is -2.13. The second-order valence-corrected chi connectivity index (χ2v) is 3.02. The number of carbonyl (C=O) groups is 1. The Balaban J connectivity index is 2.43. The largest absolute Gasteiger partial charge is 0.384 e. The quantitative estimate of drug-likeness (QED) is 0.443. The summed E-state index contributed by atoms with van der Waals surface area (Å²) >= 11 is 0. The molecule has 1 rings (SSSR count). The predicted molar refractivity (Wildman–Crippen MR) is 43.5 cm³/mol. The fraction of sp³-hybridized carbons (Fsp3) is 0.875. The van der Waals surface area contributed by atoms with Gasteiger partial charge in [-0.25, -0.2) is 0 Å². The molecule has 3 atom stereocenters. The zero-order chi connectivity index (χ0) is 8.27. The van der Waals surface area contributed by atoms with Crippen molar-refractivity contribution in [3.63, 3.8) is 0 Å². The lowest BCUT2D eigenvalue weighted by atomic mass is 9.89. The summed E-state index contributed by atoms with van der Waals surface area (Å²) in [5.41, 5.74) is 0. The molecule has 0 N–H and O–H groups in total. The first kappa shape index (κ1) is 8.79. The van der Waals surface area contributed by atoms with Gasteiger partial charge in [-0.3, -0.25) is 0 Å². The van der Waals surface area contributed by atoms with E-state index in [0.29, 0.717) is 12.3 Å². The average Bonchev–Trinajstić information content (AvgIpc) is 2.32. The fourth-order valence-corrected chi connectivity index (χ4v) is 1.64. The molecule has 0 saturated carbocycles. The summed E-state index contributed by atoms with van der Waals surface area (Å²) in [7, 11) is 5.58. The van der Waals surface area contributed by atoms with E-state index >= 15 is 0 Å². The minimum Gasteiger partial charge on any atom is -0.384 e. The molecule has 1 fully saturated rings. The van der Waals surface area contributed by atoms with Gasteiger partial charge >= 0.3 is 0 Å². The minimum atomic E-state index is -0.148. The summed E-state index contributed by atoms with van der Waals surface area (Å²) in [5, 5.41) is 0. The van der Waals surface area contributed by atoms with E-state index in [1.54, 1.807) is 0 Å². The second-order valence-electron chi connectivity index (χ2n) is 3.02. The summed E-state index contributed by atoms with van der Waals surface area (Å²) in [6, 6.07) is -0.148. The van der Waals surface area contributed by atoms with Gasteiger partial charge in [0.15, 0.2) is 0 Å². The SMILES string of the molecule is [B]C1CC(CC=O)C(CC)O1. The standard InChI is InChI=1S/C8H13BO2/c1-2-7-6(3-4-10)5-8(9)11-7/h4,6-8H,2-3,5H2,1H3. The summed E-state index contributed by atoms with van der Waals surface area (Å²) in [6.07, 6.45) is 3.53. The van der Waals surface area contributed by atoms with Crippen molar-refractivity contribution in [2.45, 2.75) is 38.3 Å². The van der Waals surface area contributed by atoms with Crippen molar-refractivity contribution in [3.05, 3.63) is 0 Å². The molecule has 0 amide bonds. The van der Waals surface area contributed by atoms with E-state index in [2.05, 4.69) is 6.92 Å². The van der Waals surface area contributed by atoms with Crippen molar-refractivity contribution in [2.24, 2.45) is 5.92 Å². The average molecular weight is 152 g/mol. The first-order chi connectivity index (χ1) is 5.27. The minimum absolute atomic E-state index is 0.148. The molecule has 11 heavy (non-hydrogen) atoms. The Labute approximate surface area is 68.7 Å². The van der Waals surface area contributed by atoms with Crippen molar-refractivity contribution < 1.29 is 9.53 Å². The van der Waals surface area contributed by atoms with Gasteiger partial charge in [0.25, 0.3) is 0 Å². The summed E-state index contributed by atoms with van der Waals surface area (Å²) in [5.74, 6) is 0.354. The highest BCUT2D eigenvalue weighted by atomic mass is 16.5. The molecule has 1 saturated heterocycles. The van der Waals surface area contributed by atoms with Gasteiger partial charge in [-0.1, -0.05) is 6.92 Å². The van der Waals surface area contributed by atoms with Gasteiger partial charge in [-0.15, -0.1) is 0 Å². The summed E-state index contributed by atoms with van der Waals surface area (Å²) < 4.78 is 5.39. The molecule has 0 bridgehead atoms. The summed E-state index contributed by atoms with van der Waals surface area (Å²) in [4.78, 5) is 10.2. The van der Waals surface area contributed by atoms with E-state index in [9.17, 15) is 4.79 Å². The van der Waals surface area contributed by atoms with E-state index in [1.807, 2.05) is 0 Å². The molecule has 1 aliphatic rings. The molecule has 2 nitrogen and oxygen atoms in total. The van der Waals surface area contributed by atoms with Gasteiger partial charge in [-0.2, -0.15) is 0 Å². The van der Waals surface area contributed by atoms with Crippen LogP contribution in [-0.2, 0) is 9.53 Å². The third kappa shape index (κ3) is 2.06. The lowest BCUT2D eigenvalue weighted by Crippen LogP contribution is -2.15. The molecule has 0 aromatic heterocycles. The number of aldehydes is 1. The van der Waals surface area contributed by atoms with Gasteiger partial charge in [0, 0.05) is 12.4 Å². The molecule has 3 heteroatoms. The third-order valence-electron chi connectivity index (χ3n) is 2.21. The maximum Gasteiger partial charge on any atom is 0.120 e. The van der Waals surface area contributed by atoms with Gasteiger partial charge in [0.2, 0.25) is 0 Å². The second kappa shape index (κ2) is 3.91. The zero-order valence-corrected chi connectivity index (χ0v) is 6.82. The Bertz CT molecular complexity index is 138. The van der Waals surface area contributed by atoms with Crippen molar-refractivity contribution in [1.29, 1.82) is 0 Å². The van der Waals surface area contributed by atoms with Crippen LogP contribution in [0.4, 0.5) is 0 Å². The maximum absolute atomic E-state index is 10.2. The van der Waals surface area contributed by atoms with Crippen LogP contribution in [0.15, 0.2) is 0 Å². The zero-order valence-electron chi connectivity index (χ0n) is 6.82. The fourth-order valence-electron chi connectivity index (χ4n) is 1.64. The highest BCUT2D eigenvalue weighted by molar-refractivity contribution is 6.11. The highest BCUT2D eigenvalue weighted by Gasteiger charge is 2.30. The third-order valence-corrected chi connectivity index (χ3v) is 2.21. The van der Waals surface area contributed by atoms with Crippen LogP contribution >= 0.6 is 0 Å². The smallest absolute Gasteiger partial charge is 0.120 e.